The highest BCUT2D eigenvalue weighted by atomic mass is 32.1. The number of rotatable bonds is 5. The van der Waals surface area contributed by atoms with Crippen molar-refractivity contribution in [3.05, 3.63) is 0 Å². The van der Waals surface area contributed by atoms with E-state index in [0.29, 0.717) is 23.9 Å². The predicted molar refractivity (Wildman–Crippen MR) is 74.8 cm³/mol. The molecule has 4 heteroatoms. The maximum atomic E-state index is 11.8. The van der Waals surface area contributed by atoms with Crippen LogP contribution in [0.3, 0.4) is 0 Å². The molecule has 0 heterocycles. The zero-order valence-corrected chi connectivity index (χ0v) is 11.5. The number of hydrogen-bond acceptors (Lipinski definition) is 2. The number of nitrogens with one attached hydrogen (secondary N) is 1. The summed E-state index contributed by atoms with van der Waals surface area (Å²) in [5, 5.41) is 2.93. The highest BCUT2D eigenvalue weighted by molar-refractivity contribution is 7.80. The second-order valence-corrected chi connectivity index (χ2v) is 5.64. The van der Waals surface area contributed by atoms with Gasteiger partial charge in [-0.1, -0.05) is 44.8 Å². The molecule has 1 aliphatic carbocycles. The van der Waals surface area contributed by atoms with E-state index in [4.69, 9.17) is 18.0 Å². The molecule has 0 bridgehead atoms. The lowest BCUT2D eigenvalue weighted by molar-refractivity contribution is -0.122. The minimum Gasteiger partial charge on any atom is -0.393 e. The number of amides is 1. The summed E-state index contributed by atoms with van der Waals surface area (Å²) >= 11 is 4.88. The maximum absolute atomic E-state index is 11.8. The number of carbonyl (C=O) groups is 1. The minimum atomic E-state index is 0.0862. The van der Waals surface area contributed by atoms with E-state index in [1.165, 1.54) is 38.5 Å². The molecule has 1 rings (SSSR count). The summed E-state index contributed by atoms with van der Waals surface area (Å²) in [6, 6.07) is 0. The zero-order valence-electron chi connectivity index (χ0n) is 10.7. The molecule has 1 aliphatic rings. The van der Waals surface area contributed by atoms with Crippen LogP contribution in [0.25, 0.3) is 0 Å². The van der Waals surface area contributed by atoms with Gasteiger partial charge in [0.15, 0.2) is 0 Å². The standard InChI is InChI=1S/C13H24N2OS/c1-10(13(14)17)9-15-12(16)8-11-6-4-2-3-5-7-11/h10-11H,2-9H2,1H3,(H2,14,17)(H,15,16). The monoisotopic (exact) mass is 256 g/mol. The van der Waals surface area contributed by atoms with Gasteiger partial charge in [0, 0.05) is 18.9 Å². The molecule has 0 saturated heterocycles. The Morgan fingerprint density at radius 1 is 1.35 bits per heavy atom. The van der Waals surface area contributed by atoms with Crippen molar-refractivity contribution < 1.29 is 4.79 Å². The Bertz CT molecular complexity index is 260. The first kappa shape index (κ1) is 14.4. The summed E-state index contributed by atoms with van der Waals surface area (Å²) in [6.45, 7) is 2.51. The Kier molecular flexibility index (Phi) is 6.48. The van der Waals surface area contributed by atoms with Gasteiger partial charge in [-0.15, -0.1) is 0 Å². The lowest BCUT2D eigenvalue weighted by Gasteiger charge is -2.15. The van der Waals surface area contributed by atoms with Crippen molar-refractivity contribution in [1.29, 1.82) is 0 Å². The number of hydrogen-bond donors (Lipinski definition) is 2. The van der Waals surface area contributed by atoms with E-state index >= 15 is 0 Å². The fourth-order valence-electron chi connectivity index (χ4n) is 2.27. The average Bonchev–Trinajstić information content (AvgIpc) is 2.54. The van der Waals surface area contributed by atoms with Gasteiger partial charge >= 0.3 is 0 Å². The van der Waals surface area contributed by atoms with Gasteiger partial charge in [0.25, 0.3) is 0 Å². The molecule has 0 radical (unpaired) electrons. The molecule has 1 saturated carbocycles. The first-order valence-electron chi connectivity index (χ1n) is 6.65. The van der Waals surface area contributed by atoms with Gasteiger partial charge in [-0.3, -0.25) is 4.79 Å². The predicted octanol–water partition coefficient (Wildman–Crippen LogP) is 2.39. The molecule has 1 atom stereocenters. The first-order chi connectivity index (χ1) is 8.09. The van der Waals surface area contributed by atoms with Crippen molar-refractivity contribution in [2.75, 3.05) is 6.54 Å². The summed E-state index contributed by atoms with van der Waals surface area (Å²) in [5.74, 6) is 0.820. The molecule has 0 aromatic heterocycles. The SMILES string of the molecule is CC(CNC(=O)CC1CCCCCC1)C(N)=S. The molecule has 1 amide bonds. The molecular formula is C13H24N2OS. The Morgan fingerprint density at radius 2 is 1.94 bits per heavy atom. The molecule has 17 heavy (non-hydrogen) atoms. The molecule has 1 unspecified atom stereocenters. The van der Waals surface area contributed by atoms with Crippen LogP contribution in [0.5, 0.6) is 0 Å². The van der Waals surface area contributed by atoms with E-state index in [9.17, 15) is 4.79 Å². The Morgan fingerprint density at radius 3 is 2.47 bits per heavy atom. The second kappa shape index (κ2) is 7.64. The van der Waals surface area contributed by atoms with Gasteiger partial charge in [-0.25, -0.2) is 0 Å². The van der Waals surface area contributed by atoms with Crippen LogP contribution in [0.2, 0.25) is 0 Å². The molecule has 1 fully saturated rings. The summed E-state index contributed by atoms with van der Waals surface area (Å²) in [4.78, 5) is 12.2. The molecule has 3 N–H and O–H groups in total. The molecular weight excluding hydrogens is 232 g/mol. The zero-order chi connectivity index (χ0) is 12.7. The third-order valence-electron chi connectivity index (χ3n) is 3.54. The third-order valence-corrected chi connectivity index (χ3v) is 3.94. The smallest absolute Gasteiger partial charge is 0.220 e. The van der Waals surface area contributed by atoms with Crippen molar-refractivity contribution in [3.63, 3.8) is 0 Å². The van der Waals surface area contributed by atoms with Gasteiger partial charge in [0.2, 0.25) is 5.91 Å². The molecule has 3 nitrogen and oxygen atoms in total. The summed E-state index contributed by atoms with van der Waals surface area (Å²) in [5.41, 5.74) is 5.51. The number of thiocarbonyl (C=S) groups is 1. The normalized spacial score (nSPS) is 19.4. The average molecular weight is 256 g/mol. The van der Waals surface area contributed by atoms with Crippen LogP contribution in [-0.2, 0) is 4.79 Å². The molecule has 0 aromatic rings. The molecule has 98 valence electrons. The van der Waals surface area contributed by atoms with E-state index in [0.717, 1.165) is 0 Å². The van der Waals surface area contributed by atoms with Crippen LogP contribution in [0.1, 0.15) is 51.9 Å². The van der Waals surface area contributed by atoms with Crippen molar-refractivity contribution in [1.82, 2.24) is 5.32 Å². The third kappa shape index (κ3) is 6.01. The van der Waals surface area contributed by atoms with Crippen LogP contribution >= 0.6 is 12.2 Å². The summed E-state index contributed by atoms with van der Waals surface area (Å²) in [7, 11) is 0. The van der Waals surface area contributed by atoms with Gasteiger partial charge in [0.05, 0.1) is 4.99 Å². The Hall–Kier alpha value is -0.640. The van der Waals surface area contributed by atoms with Crippen molar-refractivity contribution in [2.45, 2.75) is 51.9 Å². The fourth-order valence-corrected chi connectivity index (χ4v) is 2.35. The van der Waals surface area contributed by atoms with E-state index in [1.54, 1.807) is 0 Å². The van der Waals surface area contributed by atoms with Crippen LogP contribution < -0.4 is 11.1 Å². The molecule has 0 aliphatic heterocycles. The number of nitrogens with two attached hydrogens (primary N) is 1. The van der Waals surface area contributed by atoms with Crippen molar-refractivity contribution in [3.8, 4) is 0 Å². The van der Waals surface area contributed by atoms with Crippen LogP contribution in [0.4, 0.5) is 0 Å². The van der Waals surface area contributed by atoms with Crippen LogP contribution in [0, 0.1) is 11.8 Å². The first-order valence-corrected chi connectivity index (χ1v) is 7.06. The number of carbonyl (C=O) groups excluding carboxylic acids is 1. The minimum absolute atomic E-state index is 0.0862. The van der Waals surface area contributed by atoms with Gasteiger partial charge < -0.3 is 11.1 Å². The molecule has 0 spiro atoms. The van der Waals surface area contributed by atoms with Crippen LogP contribution in [0.15, 0.2) is 0 Å². The summed E-state index contributed by atoms with van der Waals surface area (Å²) < 4.78 is 0. The maximum Gasteiger partial charge on any atom is 0.220 e. The van der Waals surface area contributed by atoms with Gasteiger partial charge in [0.1, 0.15) is 0 Å². The van der Waals surface area contributed by atoms with Gasteiger partial charge in [-0.2, -0.15) is 0 Å². The largest absolute Gasteiger partial charge is 0.393 e. The highest BCUT2D eigenvalue weighted by Gasteiger charge is 2.16. The lowest BCUT2D eigenvalue weighted by atomic mass is 9.96. The van der Waals surface area contributed by atoms with E-state index < -0.39 is 0 Å². The van der Waals surface area contributed by atoms with E-state index in [-0.39, 0.29) is 11.8 Å². The second-order valence-electron chi connectivity index (χ2n) is 5.17. The van der Waals surface area contributed by atoms with E-state index in [2.05, 4.69) is 5.32 Å². The fraction of sp³-hybridized carbons (Fsp3) is 0.846. The topological polar surface area (TPSA) is 55.1 Å². The van der Waals surface area contributed by atoms with E-state index in [1.807, 2.05) is 6.92 Å². The molecule has 0 aromatic carbocycles. The van der Waals surface area contributed by atoms with Crippen molar-refractivity contribution in [2.24, 2.45) is 17.6 Å². The quantitative estimate of drug-likeness (QED) is 0.586. The van der Waals surface area contributed by atoms with Gasteiger partial charge in [-0.05, 0) is 18.8 Å². The lowest BCUT2D eigenvalue weighted by Crippen LogP contribution is -2.34. The Labute approximate surface area is 110 Å². The summed E-state index contributed by atoms with van der Waals surface area (Å²) in [6.07, 6.45) is 8.30. The van der Waals surface area contributed by atoms with Crippen molar-refractivity contribution >= 4 is 23.1 Å². The highest BCUT2D eigenvalue weighted by Crippen LogP contribution is 2.25. The Balaban J connectivity index is 2.21. The van der Waals surface area contributed by atoms with Crippen LogP contribution in [-0.4, -0.2) is 17.4 Å².